The smallest absolute Gasteiger partial charge is 0.119 e. The topological polar surface area (TPSA) is 23.4 Å². The minimum absolute atomic E-state index is 0.856. The van der Waals surface area contributed by atoms with Gasteiger partial charge in [-0.15, -0.1) is 0 Å². The zero-order chi connectivity index (χ0) is 23.8. The van der Waals surface area contributed by atoms with Crippen LogP contribution in [0.3, 0.4) is 0 Å². The van der Waals surface area contributed by atoms with E-state index in [2.05, 4.69) is 95.6 Å². The van der Waals surface area contributed by atoms with E-state index in [0.29, 0.717) is 0 Å². The zero-order valence-electron chi connectivity index (χ0n) is 19.7. The lowest BCUT2D eigenvalue weighted by molar-refractivity contribution is 0.415. The first kappa shape index (κ1) is 21.1. The molecule has 1 heterocycles. The summed E-state index contributed by atoms with van der Waals surface area (Å²) in [6.07, 6.45) is 0. The lowest BCUT2D eigenvalue weighted by Gasteiger charge is -2.09. The molecule has 1 aromatic heterocycles. The van der Waals surface area contributed by atoms with Gasteiger partial charge in [-0.05, 0) is 82.9 Å². The highest BCUT2D eigenvalue weighted by Gasteiger charge is 2.15. The summed E-state index contributed by atoms with van der Waals surface area (Å²) in [5, 5.41) is 2.43. The number of para-hydroxylation sites is 1. The molecule has 5 aromatic carbocycles. The van der Waals surface area contributed by atoms with Crippen LogP contribution in [0, 0.1) is 0 Å². The third-order valence-corrected chi connectivity index (χ3v) is 6.59. The fourth-order valence-electron chi connectivity index (χ4n) is 4.84. The maximum absolute atomic E-state index is 5.47. The van der Waals surface area contributed by atoms with Crippen molar-refractivity contribution in [1.82, 2.24) is 4.57 Å². The average molecular weight is 456 g/mol. The Hall–Kier alpha value is -4.50. The van der Waals surface area contributed by atoms with Gasteiger partial charge in [-0.25, -0.2) is 0 Å². The average Bonchev–Trinajstić information content (AvgIpc) is 3.26. The summed E-state index contributed by atoms with van der Waals surface area (Å²) >= 11 is 0. The standard InChI is InChI=1S/C32H25NO2/c1-34-27-12-6-8-22(18-27)24-14-16-31-29(20-24)30-21-25(23-9-7-13-28(19-23)35-2)15-17-32(30)33(31)26-10-4-3-5-11-26/h3-21H,1-2H3. The van der Waals surface area contributed by atoms with Crippen LogP contribution in [0.2, 0.25) is 0 Å². The molecule has 6 aromatic rings. The van der Waals surface area contributed by atoms with Gasteiger partial charge in [0.15, 0.2) is 0 Å². The Bertz CT molecular complexity index is 1560. The Morgan fingerprint density at radius 1 is 0.457 bits per heavy atom. The normalized spacial score (nSPS) is 11.1. The molecule has 0 aliphatic carbocycles. The number of aromatic nitrogens is 1. The molecule has 0 radical (unpaired) electrons. The Kier molecular flexibility index (Phi) is 5.23. The lowest BCUT2D eigenvalue weighted by Crippen LogP contribution is -1.93. The van der Waals surface area contributed by atoms with Crippen LogP contribution in [0.1, 0.15) is 0 Å². The second-order valence-corrected chi connectivity index (χ2v) is 8.60. The fourth-order valence-corrected chi connectivity index (χ4v) is 4.84. The molecule has 0 amide bonds. The van der Waals surface area contributed by atoms with E-state index < -0.39 is 0 Å². The van der Waals surface area contributed by atoms with Gasteiger partial charge in [0.2, 0.25) is 0 Å². The first-order valence-corrected chi connectivity index (χ1v) is 11.7. The highest BCUT2D eigenvalue weighted by atomic mass is 16.5. The lowest BCUT2D eigenvalue weighted by atomic mass is 10.00. The number of ether oxygens (including phenoxy) is 2. The SMILES string of the molecule is COc1cccc(-c2ccc3c(c2)c2cc(-c4cccc(OC)c4)ccc2n3-c2ccccc2)c1. The summed E-state index contributed by atoms with van der Waals surface area (Å²) in [7, 11) is 3.41. The third kappa shape index (κ3) is 3.71. The zero-order valence-corrected chi connectivity index (χ0v) is 19.7. The van der Waals surface area contributed by atoms with Crippen molar-refractivity contribution in [1.29, 1.82) is 0 Å². The van der Waals surface area contributed by atoms with E-state index in [0.717, 1.165) is 39.4 Å². The number of fused-ring (bicyclic) bond motifs is 3. The van der Waals surface area contributed by atoms with Gasteiger partial charge >= 0.3 is 0 Å². The van der Waals surface area contributed by atoms with E-state index in [1.54, 1.807) is 14.2 Å². The Labute approximate surface area is 204 Å². The van der Waals surface area contributed by atoms with Gasteiger partial charge in [-0.3, -0.25) is 0 Å². The minimum Gasteiger partial charge on any atom is -0.497 e. The largest absolute Gasteiger partial charge is 0.497 e. The predicted molar refractivity (Wildman–Crippen MR) is 145 cm³/mol. The quantitative estimate of drug-likeness (QED) is 0.262. The van der Waals surface area contributed by atoms with Gasteiger partial charge in [0.25, 0.3) is 0 Å². The van der Waals surface area contributed by atoms with Crippen molar-refractivity contribution in [3.8, 4) is 39.4 Å². The Morgan fingerprint density at radius 3 is 1.43 bits per heavy atom. The third-order valence-electron chi connectivity index (χ3n) is 6.59. The molecule has 0 aliphatic rings. The van der Waals surface area contributed by atoms with Gasteiger partial charge in [-0.2, -0.15) is 0 Å². The van der Waals surface area contributed by atoms with E-state index in [4.69, 9.17) is 9.47 Å². The molecule has 3 heteroatoms. The van der Waals surface area contributed by atoms with Crippen molar-refractivity contribution in [3.05, 3.63) is 115 Å². The Morgan fingerprint density at radius 2 is 0.943 bits per heavy atom. The van der Waals surface area contributed by atoms with Crippen LogP contribution < -0.4 is 9.47 Å². The molecule has 0 atom stereocenters. The molecule has 0 unspecified atom stereocenters. The molecule has 170 valence electrons. The van der Waals surface area contributed by atoms with Crippen LogP contribution in [-0.4, -0.2) is 18.8 Å². The van der Waals surface area contributed by atoms with E-state index in [1.165, 1.54) is 21.8 Å². The molecule has 0 fully saturated rings. The Balaban J connectivity index is 1.62. The van der Waals surface area contributed by atoms with Crippen LogP contribution in [0.4, 0.5) is 0 Å². The van der Waals surface area contributed by atoms with Gasteiger partial charge in [-0.1, -0.05) is 54.6 Å². The summed E-state index contributed by atoms with van der Waals surface area (Å²) in [4.78, 5) is 0. The number of nitrogens with zero attached hydrogens (tertiary/aromatic N) is 1. The van der Waals surface area contributed by atoms with Crippen LogP contribution in [0.25, 0.3) is 49.7 Å². The van der Waals surface area contributed by atoms with Crippen molar-refractivity contribution in [2.75, 3.05) is 14.2 Å². The van der Waals surface area contributed by atoms with E-state index in [1.807, 2.05) is 24.3 Å². The summed E-state index contributed by atoms with van der Waals surface area (Å²) in [6, 6.07) is 40.4. The van der Waals surface area contributed by atoms with Crippen LogP contribution in [-0.2, 0) is 0 Å². The van der Waals surface area contributed by atoms with Crippen molar-refractivity contribution < 1.29 is 9.47 Å². The van der Waals surface area contributed by atoms with Crippen molar-refractivity contribution >= 4 is 21.8 Å². The van der Waals surface area contributed by atoms with Crippen LogP contribution in [0.15, 0.2) is 115 Å². The first-order chi connectivity index (χ1) is 17.2. The van der Waals surface area contributed by atoms with Gasteiger partial charge in [0.05, 0.1) is 25.3 Å². The van der Waals surface area contributed by atoms with Crippen molar-refractivity contribution in [2.45, 2.75) is 0 Å². The molecule has 3 nitrogen and oxygen atoms in total. The second-order valence-electron chi connectivity index (χ2n) is 8.60. The number of hydrogen-bond acceptors (Lipinski definition) is 2. The number of benzene rings is 5. The van der Waals surface area contributed by atoms with Gasteiger partial charge < -0.3 is 14.0 Å². The molecular weight excluding hydrogens is 430 g/mol. The summed E-state index contributed by atoms with van der Waals surface area (Å²) in [6.45, 7) is 0. The molecule has 35 heavy (non-hydrogen) atoms. The first-order valence-electron chi connectivity index (χ1n) is 11.7. The fraction of sp³-hybridized carbons (Fsp3) is 0.0625. The summed E-state index contributed by atoms with van der Waals surface area (Å²) in [5.74, 6) is 1.71. The molecule has 0 N–H and O–H groups in total. The highest BCUT2D eigenvalue weighted by Crippen LogP contribution is 2.37. The summed E-state index contributed by atoms with van der Waals surface area (Å²) in [5.41, 5.74) is 8.11. The second kappa shape index (κ2) is 8.69. The van der Waals surface area contributed by atoms with Gasteiger partial charge in [0.1, 0.15) is 11.5 Å². The van der Waals surface area contributed by atoms with E-state index >= 15 is 0 Å². The molecule has 6 rings (SSSR count). The van der Waals surface area contributed by atoms with Crippen molar-refractivity contribution in [2.24, 2.45) is 0 Å². The predicted octanol–water partition coefficient (Wildman–Crippen LogP) is 8.13. The molecule has 0 spiro atoms. The minimum atomic E-state index is 0.856. The maximum Gasteiger partial charge on any atom is 0.119 e. The molecule has 0 bridgehead atoms. The monoisotopic (exact) mass is 455 g/mol. The van der Waals surface area contributed by atoms with E-state index in [-0.39, 0.29) is 0 Å². The molecule has 0 saturated carbocycles. The van der Waals surface area contributed by atoms with Crippen LogP contribution in [0.5, 0.6) is 11.5 Å². The summed E-state index contributed by atoms with van der Waals surface area (Å²) < 4.78 is 13.3. The van der Waals surface area contributed by atoms with Crippen LogP contribution >= 0.6 is 0 Å². The number of methoxy groups -OCH3 is 2. The maximum atomic E-state index is 5.47. The molecule has 0 aliphatic heterocycles. The number of hydrogen-bond donors (Lipinski definition) is 0. The molecular formula is C32H25NO2. The molecule has 0 saturated heterocycles. The van der Waals surface area contributed by atoms with Gasteiger partial charge in [0, 0.05) is 16.5 Å². The highest BCUT2D eigenvalue weighted by molar-refractivity contribution is 6.11. The number of rotatable bonds is 5. The van der Waals surface area contributed by atoms with E-state index in [9.17, 15) is 0 Å². The van der Waals surface area contributed by atoms with Crippen molar-refractivity contribution in [3.63, 3.8) is 0 Å².